The first-order valence-electron chi connectivity index (χ1n) is 7.64. The predicted octanol–water partition coefficient (Wildman–Crippen LogP) is 2.21. The Morgan fingerprint density at radius 2 is 2.20 bits per heavy atom. The minimum Gasteiger partial charge on any atom is -0.487 e. The predicted molar refractivity (Wildman–Crippen MR) is 80.9 cm³/mol. The molecular weight excluding hydrogens is 339 g/mol. The van der Waals surface area contributed by atoms with Gasteiger partial charge < -0.3 is 14.7 Å². The van der Waals surface area contributed by atoms with Crippen molar-refractivity contribution in [2.24, 2.45) is 0 Å². The number of nitrogens with zero attached hydrogens (tertiary/aromatic N) is 2. The summed E-state index contributed by atoms with van der Waals surface area (Å²) in [6, 6.07) is 6.04. The Kier molecular flexibility index (Phi) is 4.67. The molecule has 134 valence electrons. The molecule has 1 atom stereocenters. The summed E-state index contributed by atoms with van der Waals surface area (Å²) < 4.78 is 43.3. The largest absolute Gasteiger partial charge is 0.487 e. The van der Waals surface area contributed by atoms with E-state index in [9.17, 15) is 23.1 Å². The number of ether oxygens (including phenoxy) is 1. The first kappa shape index (κ1) is 17.3. The van der Waals surface area contributed by atoms with E-state index in [0.29, 0.717) is 18.7 Å². The summed E-state index contributed by atoms with van der Waals surface area (Å²) in [6.45, 7) is 0.676. The number of carbonyl (C=O) groups is 1. The van der Waals surface area contributed by atoms with E-state index in [1.54, 1.807) is 0 Å². The highest BCUT2D eigenvalue weighted by Crippen LogP contribution is 2.31. The van der Waals surface area contributed by atoms with Gasteiger partial charge in [-0.15, -0.1) is 0 Å². The van der Waals surface area contributed by atoms with Crippen molar-refractivity contribution in [3.8, 4) is 5.75 Å². The van der Waals surface area contributed by atoms with Crippen LogP contribution in [0.25, 0.3) is 0 Å². The number of likely N-dealkylation sites (tertiary alicyclic amines) is 1. The second-order valence-electron chi connectivity index (χ2n) is 5.79. The lowest BCUT2D eigenvalue weighted by molar-refractivity contribution is -0.137. The number of alkyl halides is 3. The highest BCUT2D eigenvalue weighted by molar-refractivity contribution is 5.92. The van der Waals surface area contributed by atoms with Gasteiger partial charge in [0.1, 0.15) is 12.4 Å². The van der Waals surface area contributed by atoms with Gasteiger partial charge in [0.15, 0.2) is 5.69 Å². The fourth-order valence-corrected chi connectivity index (χ4v) is 2.56. The number of hydrogen-bond acceptors (Lipinski definition) is 4. The number of aromatic amines is 1. The van der Waals surface area contributed by atoms with Crippen molar-refractivity contribution < 1.29 is 27.8 Å². The Morgan fingerprint density at radius 3 is 2.88 bits per heavy atom. The summed E-state index contributed by atoms with van der Waals surface area (Å²) >= 11 is 0. The summed E-state index contributed by atoms with van der Waals surface area (Å²) in [6.07, 6.45) is -4.43. The van der Waals surface area contributed by atoms with Crippen LogP contribution in [0.1, 0.15) is 28.2 Å². The molecule has 1 fully saturated rings. The number of amides is 1. The van der Waals surface area contributed by atoms with Crippen LogP contribution in [0.2, 0.25) is 0 Å². The van der Waals surface area contributed by atoms with Gasteiger partial charge in [0.25, 0.3) is 5.91 Å². The SMILES string of the molecule is O=C(c1cc(COc2cccc(C(F)(F)F)c2)[nH]n1)N1CC[C@H](O)C1. The van der Waals surface area contributed by atoms with Crippen LogP contribution in [0.15, 0.2) is 30.3 Å². The Morgan fingerprint density at radius 1 is 1.40 bits per heavy atom. The van der Waals surface area contributed by atoms with Gasteiger partial charge in [-0.2, -0.15) is 18.3 Å². The molecule has 0 aliphatic carbocycles. The molecule has 1 amide bonds. The highest BCUT2D eigenvalue weighted by Gasteiger charge is 2.30. The Hall–Kier alpha value is -2.55. The summed E-state index contributed by atoms with van der Waals surface area (Å²) in [7, 11) is 0. The minimum atomic E-state index is -4.44. The maximum absolute atomic E-state index is 12.7. The van der Waals surface area contributed by atoms with Gasteiger partial charge in [0, 0.05) is 13.1 Å². The lowest BCUT2D eigenvalue weighted by atomic mass is 10.2. The minimum absolute atomic E-state index is 0.0514. The maximum atomic E-state index is 12.7. The van der Waals surface area contributed by atoms with Crippen LogP contribution in [-0.4, -0.2) is 45.3 Å². The molecule has 1 aromatic heterocycles. The molecule has 0 bridgehead atoms. The lowest BCUT2D eigenvalue weighted by Crippen LogP contribution is -2.29. The zero-order valence-electron chi connectivity index (χ0n) is 13.1. The Labute approximate surface area is 141 Å². The van der Waals surface area contributed by atoms with Crippen LogP contribution in [0.5, 0.6) is 5.75 Å². The summed E-state index contributed by atoms with van der Waals surface area (Å²) in [5, 5.41) is 16.0. The maximum Gasteiger partial charge on any atom is 0.416 e. The molecule has 2 heterocycles. The van der Waals surface area contributed by atoms with Gasteiger partial charge in [-0.05, 0) is 30.7 Å². The molecular formula is C16H16F3N3O3. The normalized spacial score (nSPS) is 17.8. The molecule has 6 nitrogen and oxygen atoms in total. The molecule has 0 saturated carbocycles. The number of aliphatic hydroxyl groups excluding tert-OH is 1. The number of hydrogen-bond donors (Lipinski definition) is 2. The van der Waals surface area contributed by atoms with Gasteiger partial charge in [-0.25, -0.2) is 0 Å². The van der Waals surface area contributed by atoms with Crippen molar-refractivity contribution in [1.82, 2.24) is 15.1 Å². The summed E-state index contributed by atoms with van der Waals surface area (Å²) in [5.41, 5.74) is -0.157. The van der Waals surface area contributed by atoms with Gasteiger partial charge in [0.05, 0.1) is 17.4 Å². The highest BCUT2D eigenvalue weighted by atomic mass is 19.4. The standard InChI is InChI=1S/C16H16F3N3O3/c17-16(18,19)10-2-1-3-13(6-10)25-9-11-7-14(21-20-11)15(24)22-5-4-12(23)8-22/h1-3,6-7,12,23H,4-5,8-9H2,(H,20,21)/t12-/m0/s1. The second-order valence-corrected chi connectivity index (χ2v) is 5.79. The van der Waals surface area contributed by atoms with E-state index in [0.717, 1.165) is 12.1 Å². The van der Waals surface area contributed by atoms with E-state index >= 15 is 0 Å². The Balaban J connectivity index is 1.61. The van der Waals surface area contributed by atoms with E-state index in [2.05, 4.69) is 10.2 Å². The number of carbonyl (C=O) groups excluding carboxylic acids is 1. The third-order valence-electron chi connectivity index (χ3n) is 3.86. The fourth-order valence-electron chi connectivity index (χ4n) is 2.56. The van der Waals surface area contributed by atoms with Crippen LogP contribution in [-0.2, 0) is 12.8 Å². The molecule has 1 aliphatic rings. The molecule has 2 N–H and O–H groups in total. The second kappa shape index (κ2) is 6.75. The van der Waals surface area contributed by atoms with E-state index < -0.39 is 17.8 Å². The van der Waals surface area contributed by atoms with Crippen LogP contribution >= 0.6 is 0 Å². The number of nitrogens with one attached hydrogen (secondary N) is 1. The zero-order valence-corrected chi connectivity index (χ0v) is 13.1. The topological polar surface area (TPSA) is 78.5 Å². The number of benzene rings is 1. The monoisotopic (exact) mass is 355 g/mol. The van der Waals surface area contributed by atoms with Crippen LogP contribution < -0.4 is 4.74 Å². The molecule has 0 radical (unpaired) electrons. The fraction of sp³-hybridized carbons (Fsp3) is 0.375. The molecule has 1 saturated heterocycles. The third-order valence-corrected chi connectivity index (χ3v) is 3.86. The first-order chi connectivity index (χ1) is 11.8. The number of H-pyrrole nitrogens is 1. The van der Waals surface area contributed by atoms with Gasteiger partial charge in [-0.1, -0.05) is 6.07 Å². The molecule has 2 aromatic rings. The van der Waals surface area contributed by atoms with Gasteiger partial charge in [-0.3, -0.25) is 9.89 Å². The molecule has 9 heteroatoms. The van der Waals surface area contributed by atoms with E-state index in [1.165, 1.54) is 23.1 Å². The molecule has 1 aliphatic heterocycles. The summed E-state index contributed by atoms with van der Waals surface area (Å²) in [4.78, 5) is 13.7. The molecule has 1 aromatic carbocycles. The van der Waals surface area contributed by atoms with Crippen molar-refractivity contribution >= 4 is 5.91 Å². The van der Waals surface area contributed by atoms with Crippen molar-refractivity contribution in [2.45, 2.75) is 25.3 Å². The third kappa shape index (κ3) is 4.11. The molecule has 3 rings (SSSR count). The number of aromatic nitrogens is 2. The lowest BCUT2D eigenvalue weighted by Gasteiger charge is -2.13. The Bertz CT molecular complexity index is 760. The average Bonchev–Trinajstić information content (AvgIpc) is 3.21. The van der Waals surface area contributed by atoms with Crippen LogP contribution in [0, 0.1) is 0 Å². The number of β-amino-alcohol motifs (C(OH)–C–C–N with tert-alkyl or cyclic N) is 1. The molecule has 0 unspecified atom stereocenters. The number of halogens is 3. The number of aliphatic hydroxyl groups is 1. The van der Waals surface area contributed by atoms with Crippen LogP contribution in [0.4, 0.5) is 13.2 Å². The van der Waals surface area contributed by atoms with Crippen molar-refractivity contribution in [2.75, 3.05) is 13.1 Å². The number of rotatable bonds is 4. The van der Waals surface area contributed by atoms with E-state index in [1.807, 2.05) is 0 Å². The van der Waals surface area contributed by atoms with Crippen molar-refractivity contribution in [3.05, 3.63) is 47.3 Å². The van der Waals surface area contributed by atoms with Crippen molar-refractivity contribution in [1.29, 1.82) is 0 Å². The van der Waals surface area contributed by atoms with E-state index in [-0.39, 0.29) is 30.5 Å². The first-order valence-corrected chi connectivity index (χ1v) is 7.64. The summed E-state index contributed by atoms with van der Waals surface area (Å²) in [5.74, 6) is -0.238. The molecule has 0 spiro atoms. The van der Waals surface area contributed by atoms with Gasteiger partial charge in [0.2, 0.25) is 0 Å². The smallest absolute Gasteiger partial charge is 0.416 e. The average molecular weight is 355 g/mol. The zero-order chi connectivity index (χ0) is 18.0. The van der Waals surface area contributed by atoms with E-state index in [4.69, 9.17) is 4.74 Å². The van der Waals surface area contributed by atoms with Crippen molar-refractivity contribution in [3.63, 3.8) is 0 Å². The quantitative estimate of drug-likeness (QED) is 0.882. The van der Waals surface area contributed by atoms with Gasteiger partial charge >= 0.3 is 6.18 Å². The van der Waals surface area contributed by atoms with Crippen LogP contribution in [0.3, 0.4) is 0 Å². The molecule has 25 heavy (non-hydrogen) atoms.